The highest BCUT2D eigenvalue weighted by Gasteiger charge is 2.34. The molecule has 18 heavy (non-hydrogen) atoms. The van der Waals surface area contributed by atoms with Crippen molar-refractivity contribution in [2.24, 2.45) is 5.92 Å². The standard InChI is InChI=1S/C14H18N2O2/c1-10(2)14(18)13(11-5-3-7-15-9-11)16-8-4-6-12(16)17/h3,5,7,9-10,13H,4,6,8H2,1-2H3. The van der Waals surface area contributed by atoms with Crippen molar-refractivity contribution >= 4 is 11.7 Å². The van der Waals surface area contributed by atoms with Gasteiger partial charge in [-0.25, -0.2) is 0 Å². The average molecular weight is 246 g/mol. The minimum absolute atomic E-state index is 0.0675. The van der Waals surface area contributed by atoms with Crippen LogP contribution in [0.1, 0.15) is 38.3 Å². The van der Waals surface area contributed by atoms with Crippen molar-refractivity contribution in [1.82, 2.24) is 9.88 Å². The summed E-state index contributed by atoms with van der Waals surface area (Å²) in [5.41, 5.74) is 0.812. The first-order valence-corrected chi connectivity index (χ1v) is 6.34. The molecule has 1 atom stereocenters. The van der Waals surface area contributed by atoms with E-state index in [2.05, 4.69) is 4.98 Å². The molecule has 1 aliphatic heterocycles. The lowest BCUT2D eigenvalue weighted by Gasteiger charge is -2.28. The van der Waals surface area contributed by atoms with Crippen molar-refractivity contribution in [2.45, 2.75) is 32.7 Å². The van der Waals surface area contributed by atoms with Crippen molar-refractivity contribution in [3.8, 4) is 0 Å². The van der Waals surface area contributed by atoms with E-state index in [1.54, 1.807) is 23.4 Å². The van der Waals surface area contributed by atoms with Gasteiger partial charge >= 0.3 is 0 Å². The summed E-state index contributed by atoms with van der Waals surface area (Å²) < 4.78 is 0. The van der Waals surface area contributed by atoms with Crippen LogP contribution >= 0.6 is 0 Å². The Hall–Kier alpha value is -1.71. The van der Waals surface area contributed by atoms with Crippen LogP contribution in [0.25, 0.3) is 0 Å². The Balaban J connectivity index is 2.34. The van der Waals surface area contributed by atoms with Gasteiger partial charge in [0.1, 0.15) is 6.04 Å². The Labute approximate surface area is 107 Å². The third kappa shape index (κ3) is 2.42. The van der Waals surface area contributed by atoms with Crippen molar-refractivity contribution in [2.75, 3.05) is 6.54 Å². The molecule has 4 nitrogen and oxygen atoms in total. The van der Waals surface area contributed by atoms with Crippen molar-refractivity contribution in [1.29, 1.82) is 0 Å². The number of ketones is 1. The normalized spacial score (nSPS) is 17.3. The summed E-state index contributed by atoms with van der Waals surface area (Å²) in [6.07, 6.45) is 4.73. The van der Waals surface area contributed by atoms with Gasteiger partial charge in [-0.3, -0.25) is 14.6 Å². The van der Waals surface area contributed by atoms with E-state index in [4.69, 9.17) is 0 Å². The predicted molar refractivity (Wildman–Crippen MR) is 67.8 cm³/mol. The molecule has 0 radical (unpaired) electrons. The SMILES string of the molecule is CC(C)C(=O)C(c1cccnc1)N1CCCC1=O. The number of aromatic nitrogens is 1. The van der Waals surface area contributed by atoms with E-state index >= 15 is 0 Å². The van der Waals surface area contributed by atoms with Gasteiger partial charge in [0.2, 0.25) is 5.91 Å². The van der Waals surface area contributed by atoms with E-state index < -0.39 is 6.04 Å². The number of carbonyl (C=O) groups excluding carboxylic acids is 2. The second kappa shape index (κ2) is 5.29. The van der Waals surface area contributed by atoms with E-state index in [0.717, 1.165) is 12.0 Å². The zero-order valence-corrected chi connectivity index (χ0v) is 10.8. The molecule has 0 aromatic carbocycles. The van der Waals surface area contributed by atoms with Crippen LogP contribution in [0.3, 0.4) is 0 Å². The molecule has 96 valence electrons. The maximum atomic E-state index is 12.4. The number of amides is 1. The fourth-order valence-electron chi connectivity index (χ4n) is 2.29. The van der Waals surface area contributed by atoms with Crippen LogP contribution in [0.2, 0.25) is 0 Å². The molecule has 1 aromatic heterocycles. The topological polar surface area (TPSA) is 50.3 Å². The lowest BCUT2D eigenvalue weighted by atomic mass is 9.95. The van der Waals surface area contributed by atoms with Gasteiger partial charge in [-0.15, -0.1) is 0 Å². The van der Waals surface area contributed by atoms with Crippen molar-refractivity contribution < 1.29 is 9.59 Å². The van der Waals surface area contributed by atoms with Crippen LogP contribution in [-0.4, -0.2) is 28.1 Å². The zero-order chi connectivity index (χ0) is 13.1. The highest BCUT2D eigenvalue weighted by atomic mass is 16.2. The summed E-state index contributed by atoms with van der Waals surface area (Å²) >= 11 is 0. The Kier molecular flexibility index (Phi) is 3.75. The maximum Gasteiger partial charge on any atom is 0.223 e. The van der Waals surface area contributed by atoms with E-state index in [9.17, 15) is 9.59 Å². The minimum Gasteiger partial charge on any atom is -0.328 e. The summed E-state index contributed by atoms with van der Waals surface area (Å²) in [5.74, 6) is 0.0553. The van der Waals surface area contributed by atoms with Gasteiger partial charge in [-0.1, -0.05) is 19.9 Å². The molecule has 2 rings (SSSR count). The monoisotopic (exact) mass is 246 g/mol. The van der Waals surface area contributed by atoms with Gasteiger partial charge in [0, 0.05) is 36.8 Å². The van der Waals surface area contributed by atoms with Gasteiger partial charge in [-0.05, 0) is 12.5 Å². The Morgan fingerprint density at radius 1 is 1.44 bits per heavy atom. The third-order valence-corrected chi connectivity index (χ3v) is 3.26. The molecule has 0 aliphatic carbocycles. The summed E-state index contributed by atoms with van der Waals surface area (Å²) in [4.78, 5) is 30.0. The van der Waals surface area contributed by atoms with Gasteiger partial charge in [0.15, 0.2) is 5.78 Å². The van der Waals surface area contributed by atoms with Crippen LogP contribution in [0.4, 0.5) is 0 Å². The van der Waals surface area contributed by atoms with Gasteiger partial charge < -0.3 is 4.90 Å². The van der Waals surface area contributed by atoms with E-state index in [1.807, 2.05) is 19.9 Å². The second-order valence-electron chi connectivity index (χ2n) is 4.94. The number of Topliss-reactive ketones (excluding diaryl/α,β-unsaturated/α-hetero) is 1. The Morgan fingerprint density at radius 3 is 2.72 bits per heavy atom. The summed E-state index contributed by atoms with van der Waals surface area (Å²) in [5, 5.41) is 0. The van der Waals surface area contributed by atoms with Crippen LogP contribution in [0.5, 0.6) is 0 Å². The van der Waals surface area contributed by atoms with Gasteiger partial charge in [0.25, 0.3) is 0 Å². The van der Waals surface area contributed by atoms with Crippen LogP contribution in [0, 0.1) is 5.92 Å². The lowest BCUT2D eigenvalue weighted by Crippen LogP contribution is -2.37. The van der Waals surface area contributed by atoms with Crippen molar-refractivity contribution in [3.63, 3.8) is 0 Å². The molecule has 1 amide bonds. The molecule has 1 aromatic rings. The fourth-order valence-corrected chi connectivity index (χ4v) is 2.29. The molecule has 1 unspecified atom stereocenters. The van der Waals surface area contributed by atoms with Gasteiger partial charge in [-0.2, -0.15) is 0 Å². The highest BCUT2D eigenvalue weighted by molar-refractivity contribution is 5.91. The van der Waals surface area contributed by atoms with Gasteiger partial charge in [0.05, 0.1) is 0 Å². The lowest BCUT2D eigenvalue weighted by molar-refractivity contribution is -0.138. The molecular formula is C14H18N2O2. The molecule has 0 spiro atoms. The number of pyridine rings is 1. The molecule has 0 bridgehead atoms. The zero-order valence-electron chi connectivity index (χ0n) is 10.8. The smallest absolute Gasteiger partial charge is 0.223 e. The highest BCUT2D eigenvalue weighted by Crippen LogP contribution is 2.28. The van der Waals surface area contributed by atoms with E-state index in [1.165, 1.54) is 0 Å². The summed E-state index contributed by atoms with van der Waals surface area (Å²) in [6.45, 7) is 4.40. The third-order valence-electron chi connectivity index (χ3n) is 3.26. The molecule has 1 saturated heterocycles. The van der Waals surface area contributed by atoms with Crippen molar-refractivity contribution in [3.05, 3.63) is 30.1 Å². The Morgan fingerprint density at radius 2 is 2.22 bits per heavy atom. The second-order valence-corrected chi connectivity index (χ2v) is 4.94. The first kappa shape index (κ1) is 12.7. The first-order valence-electron chi connectivity index (χ1n) is 6.34. The Bertz CT molecular complexity index is 442. The van der Waals surface area contributed by atoms with Crippen LogP contribution < -0.4 is 0 Å². The summed E-state index contributed by atoms with van der Waals surface area (Å²) in [6, 6.07) is 3.20. The number of hydrogen-bond donors (Lipinski definition) is 0. The average Bonchev–Trinajstić information content (AvgIpc) is 2.77. The quantitative estimate of drug-likeness (QED) is 0.816. The fraction of sp³-hybridized carbons (Fsp3) is 0.500. The maximum absolute atomic E-state index is 12.4. The molecule has 1 aliphatic rings. The number of likely N-dealkylation sites (tertiary alicyclic amines) is 1. The molecule has 0 N–H and O–H groups in total. The molecular weight excluding hydrogens is 228 g/mol. The molecule has 0 saturated carbocycles. The predicted octanol–water partition coefficient (Wildman–Crippen LogP) is 1.97. The molecule has 1 fully saturated rings. The van der Waals surface area contributed by atoms with E-state index in [-0.39, 0.29) is 17.6 Å². The largest absolute Gasteiger partial charge is 0.328 e. The first-order chi connectivity index (χ1) is 8.61. The molecule has 2 heterocycles. The van der Waals surface area contributed by atoms with E-state index in [0.29, 0.717) is 13.0 Å². The van der Waals surface area contributed by atoms with Crippen LogP contribution in [0.15, 0.2) is 24.5 Å². The molecule has 4 heteroatoms. The van der Waals surface area contributed by atoms with Crippen LogP contribution in [-0.2, 0) is 9.59 Å². The number of rotatable bonds is 4. The summed E-state index contributed by atoms with van der Waals surface area (Å²) in [7, 11) is 0. The number of nitrogens with zero attached hydrogens (tertiary/aromatic N) is 2. The number of carbonyl (C=O) groups is 2. The number of hydrogen-bond acceptors (Lipinski definition) is 3. The minimum atomic E-state index is -0.464.